The quantitative estimate of drug-likeness (QED) is 0.804. The molecule has 3 aromatic rings. The lowest BCUT2D eigenvalue weighted by Gasteiger charge is -2.03. The number of anilines is 1. The molecule has 5 heteroatoms. The Morgan fingerprint density at radius 3 is 2.73 bits per heavy atom. The highest BCUT2D eigenvalue weighted by molar-refractivity contribution is 6.03. The van der Waals surface area contributed by atoms with E-state index in [0.29, 0.717) is 17.8 Å². The zero-order valence-electron chi connectivity index (χ0n) is 12.2. The van der Waals surface area contributed by atoms with E-state index in [0.717, 1.165) is 0 Å². The van der Waals surface area contributed by atoms with Gasteiger partial charge in [0, 0.05) is 18.6 Å². The Bertz CT molecular complexity index is 763. The van der Waals surface area contributed by atoms with Crippen LogP contribution in [0.1, 0.15) is 21.5 Å². The average Bonchev–Trinajstić information content (AvgIpc) is 2.97. The number of aromatic nitrogens is 3. The van der Waals surface area contributed by atoms with Crippen molar-refractivity contribution < 1.29 is 4.79 Å². The van der Waals surface area contributed by atoms with E-state index in [1.807, 2.05) is 6.20 Å². The van der Waals surface area contributed by atoms with Crippen LogP contribution in [-0.4, -0.2) is 20.7 Å². The molecule has 0 bridgehead atoms. The fourth-order valence-corrected chi connectivity index (χ4v) is 2.10. The molecular weight excluding hydrogens is 276 g/mol. The standard InChI is InChI=1S/C17H16N4O/c1-13-4-6-14(7-5-13)11-21-12-16(10-19-21)20-17(22)15-3-2-8-18-9-15/h2-10,12H,11H2,1H3,(H,20,22). The maximum Gasteiger partial charge on any atom is 0.257 e. The Morgan fingerprint density at radius 2 is 2.00 bits per heavy atom. The van der Waals surface area contributed by atoms with E-state index in [-0.39, 0.29) is 5.91 Å². The Labute approximate surface area is 128 Å². The molecule has 0 spiro atoms. The summed E-state index contributed by atoms with van der Waals surface area (Å²) in [5.41, 5.74) is 3.59. The third kappa shape index (κ3) is 3.38. The lowest BCUT2D eigenvalue weighted by atomic mass is 10.1. The summed E-state index contributed by atoms with van der Waals surface area (Å²) in [5.74, 6) is -0.192. The third-order valence-electron chi connectivity index (χ3n) is 3.28. The van der Waals surface area contributed by atoms with E-state index < -0.39 is 0 Å². The van der Waals surface area contributed by atoms with Gasteiger partial charge in [-0.2, -0.15) is 5.10 Å². The molecule has 0 saturated heterocycles. The molecule has 0 aliphatic heterocycles. The van der Waals surface area contributed by atoms with Gasteiger partial charge in [-0.25, -0.2) is 0 Å². The summed E-state index contributed by atoms with van der Waals surface area (Å²) in [6.45, 7) is 2.73. The molecule has 2 aromatic heterocycles. The fourth-order valence-electron chi connectivity index (χ4n) is 2.10. The van der Waals surface area contributed by atoms with Gasteiger partial charge in [-0.1, -0.05) is 29.8 Å². The molecule has 0 fully saturated rings. The summed E-state index contributed by atoms with van der Waals surface area (Å²) in [6.07, 6.45) is 6.62. The first-order valence-electron chi connectivity index (χ1n) is 7.00. The van der Waals surface area contributed by atoms with Crippen molar-refractivity contribution in [3.05, 3.63) is 77.9 Å². The molecule has 0 saturated carbocycles. The minimum atomic E-state index is -0.192. The van der Waals surface area contributed by atoms with Crippen LogP contribution >= 0.6 is 0 Å². The maximum absolute atomic E-state index is 12.0. The minimum absolute atomic E-state index is 0.192. The van der Waals surface area contributed by atoms with Gasteiger partial charge >= 0.3 is 0 Å². The van der Waals surface area contributed by atoms with Crippen molar-refractivity contribution in [1.82, 2.24) is 14.8 Å². The molecule has 0 unspecified atom stereocenters. The number of hydrogen-bond acceptors (Lipinski definition) is 3. The van der Waals surface area contributed by atoms with E-state index in [1.165, 1.54) is 17.3 Å². The molecule has 1 aromatic carbocycles. The topological polar surface area (TPSA) is 59.8 Å². The normalized spacial score (nSPS) is 10.4. The van der Waals surface area contributed by atoms with Crippen molar-refractivity contribution in [2.45, 2.75) is 13.5 Å². The summed E-state index contributed by atoms with van der Waals surface area (Å²) >= 11 is 0. The number of benzene rings is 1. The molecule has 0 atom stereocenters. The molecule has 1 N–H and O–H groups in total. The van der Waals surface area contributed by atoms with E-state index in [2.05, 4.69) is 46.6 Å². The SMILES string of the molecule is Cc1ccc(Cn2cc(NC(=O)c3cccnc3)cn2)cc1. The number of aryl methyl sites for hydroxylation is 1. The average molecular weight is 292 g/mol. The number of hydrogen-bond donors (Lipinski definition) is 1. The van der Waals surface area contributed by atoms with Crippen molar-refractivity contribution in [2.75, 3.05) is 5.32 Å². The molecule has 3 rings (SSSR count). The van der Waals surface area contributed by atoms with Crippen LogP contribution in [0.25, 0.3) is 0 Å². The Morgan fingerprint density at radius 1 is 1.18 bits per heavy atom. The first-order chi connectivity index (χ1) is 10.7. The van der Waals surface area contributed by atoms with Crippen molar-refractivity contribution in [1.29, 1.82) is 0 Å². The Balaban J connectivity index is 1.66. The number of amides is 1. The lowest BCUT2D eigenvalue weighted by molar-refractivity contribution is 0.102. The molecular formula is C17H16N4O. The number of rotatable bonds is 4. The molecule has 1 amide bonds. The van der Waals surface area contributed by atoms with Gasteiger partial charge in [0.2, 0.25) is 0 Å². The van der Waals surface area contributed by atoms with Gasteiger partial charge in [0.15, 0.2) is 0 Å². The summed E-state index contributed by atoms with van der Waals surface area (Å²) in [4.78, 5) is 16.0. The molecule has 22 heavy (non-hydrogen) atoms. The predicted octanol–water partition coefficient (Wildman–Crippen LogP) is 2.89. The van der Waals surface area contributed by atoms with Crippen LogP contribution in [0.2, 0.25) is 0 Å². The van der Waals surface area contributed by atoms with Crippen LogP contribution in [0.5, 0.6) is 0 Å². The number of pyridine rings is 1. The molecule has 2 heterocycles. The Hall–Kier alpha value is -2.95. The van der Waals surface area contributed by atoms with E-state index >= 15 is 0 Å². The van der Waals surface area contributed by atoms with Crippen LogP contribution < -0.4 is 5.32 Å². The van der Waals surface area contributed by atoms with Crippen LogP contribution in [0.4, 0.5) is 5.69 Å². The predicted molar refractivity (Wildman–Crippen MR) is 84.7 cm³/mol. The molecule has 110 valence electrons. The molecule has 0 aliphatic carbocycles. The highest BCUT2D eigenvalue weighted by Gasteiger charge is 2.07. The van der Waals surface area contributed by atoms with Gasteiger partial charge in [-0.15, -0.1) is 0 Å². The second kappa shape index (κ2) is 6.22. The van der Waals surface area contributed by atoms with Gasteiger partial charge in [-0.3, -0.25) is 14.5 Å². The number of carbonyl (C=O) groups is 1. The van der Waals surface area contributed by atoms with Gasteiger partial charge in [-0.05, 0) is 24.6 Å². The van der Waals surface area contributed by atoms with E-state index in [9.17, 15) is 4.79 Å². The summed E-state index contributed by atoms with van der Waals surface area (Å²) in [7, 11) is 0. The van der Waals surface area contributed by atoms with Gasteiger partial charge in [0.25, 0.3) is 5.91 Å². The summed E-state index contributed by atoms with van der Waals surface area (Å²) < 4.78 is 1.80. The summed E-state index contributed by atoms with van der Waals surface area (Å²) in [5, 5.41) is 7.08. The van der Waals surface area contributed by atoms with Crippen LogP contribution in [-0.2, 0) is 6.54 Å². The van der Waals surface area contributed by atoms with Gasteiger partial charge < -0.3 is 5.32 Å². The van der Waals surface area contributed by atoms with Gasteiger partial charge in [0.05, 0.1) is 24.0 Å². The third-order valence-corrected chi connectivity index (χ3v) is 3.28. The lowest BCUT2D eigenvalue weighted by Crippen LogP contribution is -2.11. The second-order valence-corrected chi connectivity index (χ2v) is 5.11. The second-order valence-electron chi connectivity index (χ2n) is 5.11. The number of nitrogens with zero attached hydrogens (tertiary/aromatic N) is 3. The van der Waals surface area contributed by atoms with Crippen LogP contribution in [0.3, 0.4) is 0 Å². The molecule has 0 aliphatic rings. The highest BCUT2D eigenvalue weighted by atomic mass is 16.1. The minimum Gasteiger partial charge on any atom is -0.319 e. The highest BCUT2D eigenvalue weighted by Crippen LogP contribution is 2.10. The molecule has 0 radical (unpaired) electrons. The number of nitrogens with one attached hydrogen (secondary N) is 1. The van der Waals surface area contributed by atoms with Crippen molar-refractivity contribution >= 4 is 11.6 Å². The fraction of sp³-hybridized carbons (Fsp3) is 0.118. The zero-order chi connectivity index (χ0) is 15.4. The van der Waals surface area contributed by atoms with Crippen LogP contribution in [0.15, 0.2) is 61.2 Å². The first kappa shape index (κ1) is 14.0. The number of carbonyl (C=O) groups excluding carboxylic acids is 1. The van der Waals surface area contributed by atoms with Gasteiger partial charge in [0.1, 0.15) is 0 Å². The first-order valence-corrected chi connectivity index (χ1v) is 7.00. The van der Waals surface area contributed by atoms with Crippen molar-refractivity contribution in [3.8, 4) is 0 Å². The smallest absolute Gasteiger partial charge is 0.257 e. The van der Waals surface area contributed by atoms with Crippen LogP contribution in [0, 0.1) is 6.92 Å². The monoisotopic (exact) mass is 292 g/mol. The van der Waals surface area contributed by atoms with E-state index in [1.54, 1.807) is 29.2 Å². The zero-order valence-corrected chi connectivity index (χ0v) is 12.2. The van der Waals surface area contributed by atoms with Crippen molar-refractivity contribution in [3.63, 3.8) is 0 Å². The summed E-state index contributed by atoms with van der Waals surface area (Å²) in [6, 6.07) is 11.7. The molecule has 5 nitrogen and oxygen atoms in total. The van der Waals surface area contributed by atoms with Crippen molar-refractivity contribution in [2.24, 2.45) is 0 Å². The largest absolute Gasteiger partial charge is 0.319 e. The van der Waals surface area contributed by atoms with E-state index in [4.69, 9.17) is 0 Å². The maximum atomic E-state index is 12.0. The Kier molecular flexibility index (Phi) is 3.96.